The van der Waals surface area contributed by atoms with Crippen LogP contribution in [0.1, 0.15) is 0 Å². The number of pyridine rings is 1. The average Bonchev–Trinajstić information content (AvgIpc) is 3.43. The van der Waals surface area contributed by atoms with E-state index in [1.165, 1.54) is 22.3 Å². The Morgan fingerprint density at radius 1 is 0.390 bits per heavy atom. The summed E-state index contributed by atoms with van der Waals surface area (Å²) in [6.45, 7) is 0. The monoisotopic (exact) mass is 523 g/mol. The normalized spacial score (nSPS) is 11.4. The van der Waals surface area contributed by atoms with Gasteiger partial charge in [-0.3, -0.25) is 0 Å². The molecular weight excluding hydrogens is 498 g/mol. The Balaban J connectivity index is 1.40. The van der Waals surface area contributed by atoms with Gasteiger partial charge in [-0.1, -0.05) is 115 Å². The number of aromatic nitrogens is 1. The van der Waals surface area contributed by atoms with Crippen LogP contribution in [0.5, 0.6) is 0 Å². The quantitative estimate of drug-likeness (QED) is 0.229. The number of fused-ring (bicyclic) bond motifs is 4. The second-order valence-electron chi connectivity index (χ2n) is 10.4. The minimum atomic E-state index is 0.861. The summed E-state index contributed by atoms with van der Waals surface area (Å²) in [5, 5.41) is 3.38. The van der Waals surface area contributed by atoms with E-state index in [-0.39, 0.29) is 0 Å². The number of benzene rings is 6. The van der Waals surface area contributed by atoms with Gasteiger partial charge in [0.1, 0.15) is 11.2 Å². The van der Waals surface area contributed by atoms with Crippen molar-refractivity contribution in [2.45, 2.75) is 0 Å². The lowest BCUT2D eigenvalue weighted by Crippen LogP contribution is -1.91. The molecule has 8 aromatic rings. The molecule has 0 radical (unpaired) electrons. The molecule has 0 unspecified atom stereocenters. The van der Waals surface area contributed by atoms with Crippen molar-refractivity contribution in [1.29, 1.82) is 0 Å². The van der Waals surface area contributed by atoms with Gasteiger partial charge in [0.15, 0.2) is 0 Å². The summed E-state index contributed by atoms with van der Waals surface area (Å²) in [4.78, 5) is 5.15. The largest absolute Gasteiger partial charge is 0.456 e. The minimum Gasteiger partial charge on any atom is -0.456 e. The molecule has 0 aliphatic heterocycles. The smallest absolute Gasteiger partial charge is 0.136 e. The first-order valence-corrected chi connectivity index (χ1v) is 13.9. The third-order valence-corrected chi connectivity index (χ3v) is 7.86. The van der Waals surface area contributed by atoms with Crippen molar-refractivity contribution >= 4 is 32.8 Å². The van der Waals surface area contributed by atoms with Crippen LogP contribution in [0.4, 0.5) is 0 Å². The van der Waals surface area contributed by atoms with Crippen molar-refractivity contribution in [1.82, 2.24) is 4.98 Å². The Morgan fingerprint density at radius 2 is 1.05 bits per heavy atom. The predicted molar refractivity (Wildman–Crippen MR) is 171 cm³/mol. The zero-order valence-electron chi connectivity index (χ0n) is 22.3. The Bertz CT molecular complexity index is 2190. The lowest BCUT2D eigenvalue weighted by atomic mass is 9.92. The van der Waals surface area contributed by atoms with Gasteiger partial charge >= 0.3 is 0 Å². The fourth-order valence-corrected chi connectivity index (χ4v) is 5.91. The van der Waals surface area contributed by atoms with E-state index in [9.17, 15) is 0 Å². The first-order valence-electron chi connectivity index (χ1n) is 13.9. The third kappa shape index (κ3) is 4.09. The molecule has 8 rings (SSSR count). The molecule has 2 heteroatoms. The molecule has 41 heavy (non-hydrogen) atoms. The van der Waals surface area contributed by atoms with Crippen LogP contribution in [-0.4, -0.2) is 4.98 Å². The van der Waals surface area contributed by atoms with Gasteiger partial charge in [0.2, 0.25) is 0 Å². The predicted octanol–water partition coefficient (Wildman–Crippen LogP) is 10.8. The van der Waals surface area contributed by atoms with Crippen LogP contribution < -0.4 is 0 Å². The molecule has 0 amide bonds. The highest BCUT2D eigenvalue weighted by Crippen LogP contribution is 2.41. The van der Waals surface area contributed by atoms with Crippen molar-refractivity contribution in [2.75, 3.05) is 0 Å². The van der Waals surface area contributed by atoms with Gasteiger partial charge in [0.25, 0.3) is 0 Å². The third-order valence-electron chi connectivity index (χ3n) is 7.86. The lowest BCUT2D eigenvalue weighted by Gasteiger charge is -2.13. The van der Waals surface area contributed by atoms with E-state index in [0.717, 1.165) is 55.2 Å². The van der Waals surface area contributed by atoms with Gasteiger partial charge in [0, 0.05) is 21.7 Å². The molecule has 2 heterocycles. The second-order valence-corrected chi connectivity index (χ2v) is 10.4. The molecule has 6 aromatic carbocycles. The molecule has 192 valence electrons. The van der Waals surface area contributed by atoms with Crippen LogP contribution in [0.15, 0.2) is 156 Å². The molecule has 0 atom stereocenters. The summed E-state index contributed by atoms with van der Waals surface area (Å²) in [5.41, 5.74) is 11.7. The van der Waals surface area contributed by atoms with Crippen LogP contribution in [0.2, 0.25) is 0 Å². The SMILES string of the molecule is c1ccc(-c2cccc(-c3cc(-c4cc(-c5ccccc5)c5ccccc5n4)cc4oc5ccccc5c34)c2)cc1. The van der Waals surface area contributed by atoms with E-state index < -0.39 is 0 Å². The van der Waals surface area contributed by atoms with Crippen molar-refractivity contribution in [2.24, 2.45) is 0 Å². The number of rotatable bonds is 4. The van der Waals surface area contributed by atoms with Gasteiger partial charge < -0.3 is 4.42 Å². The summed E-state index contributed by atoms with van der Waals surface area (Å²) in [5.74, 6) is 0. The number of hydrogen-bond acceptors (Lipinski definition) is 2. The van der Waals surface area contributed by atoms with Gasteiger partial charge in [0.05, 0.1) is 11.2 Å². The van der Waals surface area contributed by atoms with E-state index in [1.807, 2.05) is 12.1 Å². The van der Waals surface area contributed by atoms with E-state index in [1.54, 1.807) is 0 Å². The summed E-state index contributed by atoms with van der Waals surface area (Å²) < 4.78 is 6.47. The van der Waals surface area contributed by atoms with Crippen molar-refractivity contribution in [3.63, 3.8) is 0 Å². The Labute approximate surface area is 238 Å². The van der Waals surface area contributed by atoms with E-state index in [2.05, 4.69) is 140 Å². The lowest BCUT2D eigenvalue weighted by molar-refractivity contribution is 0.669. The fourth-order valence-electron chi connectivity index (χ4n) is 5.91. The van der Waals surface area contributed by atoms with Crippen molar-refractivity contribution < 1.29 is 4.42 Å². The summed E-state index contributed by atoms with van der Waals surface area (Å²) >= 11 is 0. The zero-order chi connectivity index (χ0) is 27.2. The second kappa shape index (κ2) is 9.62. The topological polar surface area (TPSA) is 26.0 Å². The highest BCUT2D eigenvalue weighted by molar-refractivity contribution is 6.14. The zero-order valence-corrected chi connectivity index (χ0v) is 22.3. The molecular formula is C39H25NO. The summed E-state index contributed by atoms with van der Waals surface area (Å²) in [6, 6.07) is 53.2. The van der Waals surface area contributed by atoms with E-state index in [4.69, 9.17) is 9.40 Å². The highest BCUT2D eigenvalue weighted by Gasteiger charge is 2.17. The van der Waals surface area contributed by atoms with Crippen LogP contribution in [0.3, 0.4) is 0 Å². The highest BCUT2D eigenvalue weighted by atomic mass is 16.3. The van der Waals surface area contributed by atoms with Gasteiger partial charge in [-0.2, -0.15) is 0 Å². The molecule has 0 saturated carbocycles. The van der Waals surface area contributed by atoms with Gasteiger partial charge in [-0.15, -0.1) is 0 Å². The maximum Gasteiger partial charge on any atom is 0.136 e. The number of para-hydroxylation sites is 2. The Morgan fingerprint density at radius 3 is 1.88 bits per heavy atom. The molecule has 0 aliphatic carbocycles. The maximum absolute atomic E-state index is 6.47. The molecule has 2 aromatic heterocycles. The maximum atomic E-state index is 6.47. The number of furan rings is 1. The summed E-state index contributed by atoms with van der Waals surface area (Å²) in [6.07, 6.45) is 0. The Kier molecular flexibility index (Phi) is 5.49. The van der Waals surface area contributed by atoms with Gasteiger partial charge in [-0.05, 0) is 69.8 Å². The first kappa shape index (κ1) is 23.4. The first-order chi connectivity index (χ1) is 20.3. The van der Waals surface area contributed by atoms with E-state index in [0.29, 0.717) is 0 Å². The average molecular weight is 524 g/mol. The molecule has 0 fully saturated rings. The van der Waals surface area contributed by atoms with E-state index >= 15 is 0 Å². The van der Waals surface area contributed by atoms with Gasteiger partial charge in [-0.25, -0.2) is 4.98 Å². The molecule has 0 bridgehead atoms. The Hall–Kier alpha value is -5.47. The molecule has 0 saturated heterocycles. The molecule has 0 aliphatic rings. The number of nitrogens with zero attached hydrogens (tertiary/aromatic N) is 1. The molecule has 0 spiro atoms. The molecule has 0 N–H and O–H groups in total. The van der Waals surface area contributed by atoms with Crippen LogP contribution in [0, 0.1) is 0 Å². The number of hydrogen-bond donors (Lipinski definition) is 0. The molecule has 2 nitrogen and oxygen atoms in total. The fraction of sp³-hybridized carbons (Fsp3) is 0. The standard InChI is InChI=1S/C39H25NO/c1-3-12-26(13-4-1)28-16-11-17-29(22-28)34-23-30(24-38-39(34)32-19-8-10-21-37(32)41-38)36-25-33(27-14-5-2-6-15-27)31-18-7-9-20-35(31)40-36/h1-25H. The van der Waals surface area contributed by atoms with Crippen LogP contribution in [-0.2, 0) is 0 Å². The summed E-state index contributed by atoms with van der Waals surface area (Å²) in [7, 11) is 0. The van der Waals surface area contributed by atoms with Crippen molar-refractivity contribution in [3.05, 3.63) is 152 Å². The van der Waals surface area contributed by atoms with Crippen LogP contribution in [0.25, 0.3) is 77.5 Å². The minimum absolute atomic E-state index is 0.861. The van der Waals surface area contributed by atoms with Crippen molar-refractivity contribution in [3.8, 4) is 44.6 Å². The van der Waals surface area contributed by atoms with Crippen LogP contribution >= 0.6 is 0 Å².